The highest BCUT2D eigenvalue weighted by molar-refractivity contribution is 5.93. The van der Waals surface area contributed by atoms with Gasteiger partial charge in [-0.15, -0.1) is 0 Å². The molecule has 168 valence electrons. The summed E-state index contributed by atoms with van der Waals surface area (Å²) < 4.78 is 7.24. The molecule has 0 saturated carbocycles. The normalized spacial score (nSPS) is 16.3. The third-order valence-corrected chi connectivity index (χ3v) is 5.37. The van der Waals surface area contributed by atoms with Gasteiger partial charge in [0, 0.05) is 30.4 Å². The molecule has 0 spiro atoms. The second kappa shape index (κ2) is 8.49. The number of fused-ring (bicyclic) bond motifs is 1. The lowest BCUT2D eigenvalue weighted by molar-refractivity contribution is 0.0235. The monoisotopic (exact) mass is 436 g/mol. The number of amides is 2. The van der Waals surface area contributed by atoms with E-state index in [1.807, 2.05) is 45.2 Å². The summed E-state index contributed by atoms with van der Waals surface area (Å²) in [4.78, 5) is 30.3. The lowest BCUT2D eigenvalue weighted by atomic mass is 10.1. The van der Waals surface area contributed by atoms with Crippen LogP contribution in [0.2, 0.25) is 0 Å². The first kappa shape index (κ1) is 21.6. The summed E-state index contributed by atoms with van der Waals surface area (Å²) in [5, 5.41) is 7.72. The van der Waals surface area contributed by atoms with Crippen LogP contribution in [0, 0.1) is 0 Å². The van der Waals surface area contributed by atoms with Gasteiger partial charge >= 0.3 is 6.09 Å². The molecule has 0 unspecified atom stereocenters. The van der Waals surface area contributed by atoms with Gasteiger partial charge in [0.2, 0.25) is 5.91 Å². The fraction of sp³-hybridized carbons (Fsp3) is 0.391. The Morgan fingerprint density at radius 2 is 1.97 bits per heavy atom. The van der Waals surface area contributed by atoms with Crippen LogP contribution in [-0.4, -0.2) is 56.2 Å². The molecule has 3 N–H and O–H groups in total. The molecule has 1 atom stereocenters. The number of nitrogens with one attached hydrogen (secondary N) is 1. The van der Waals surface area contributed by atoms with Crippen LogP contribution in [-0.2, 0) is 4.74 Å². The van der Waals surface area contributed by atoms with Crippen LogP contribution in [0.15, 0.2) is 42.7 Å². The molecular formula is C23H28N6O3. The molecule has 9 heteroatoms. The molecule has 3 aromatic rings. The van der Waals surface area contributed by atoms with Crippen LogP contribution in [0.4, 0.5) is 10.6 Å². The van der Waals surface area contributed by atoms with E-state index in [9.17, 15) is 9.59 Å². The maximum absolute atomic E-state index is 12.5. The first-order valence-corrected chi connectivity index (χ1v) is 10.7. The fourth-order valence-electron chi connectivity index (χ4n) is 3.82. The van der Waals surface area contributed by atoms with Gasteiger partial charge in [0.15, 0.2) is 5.65 Å². The number of primary amides is 1. The van der Waals surface area contributed by atoms with Gasteiger partial charge in [0.05, 0.1) is 12.2 Å². The minimum Gasteiger partial charge on any atom is -0.444 e. The molecule has 1 aromatic carbocycles. The van der Waals surface area contributed by atoms with E-state index < -0.39 is 11.5 Å². The zero-order valence-electron chi connectivity index (χ0n) is 18.5. The predicted molar refractivity (Wildman–Crippen MR) is 121 cm³/mol. The molecule has 2 aromatic heterocycles. The maximum Gasteiger partial charge on any atom is 0.410 e. The van der Waals surface area contributed by atoms with E-state index in [1.165, 1.54) is 0 Å². The Morgan fingerprint density at radius 1 is 1.22 bits per heavy atom. The fourth-order valence-corrected chi connectivity index (χ4v) is 3.82. The van der Waals surface area contributed by atoms with E-state index in [0.29, 0.717) is 30.1 Å². The number of carbonyl (C=O) groups excluding carboxylic acids is 2. The number of rotatable bonds is 5. The summed E-state index contributed by atoms with van der Waals surface area (Å²) in [5.74, 6) is 0.234. The van der Waals surface area contributed by atoms with Crippen LogP contribution >= 0.6 is 0 Å². The number of benzene rings is 1. The smallest absolute Gasteiger partial charge is 0.410 e. The number of hydrogen-bond acceptors (Lipinski definition) is 6. The van der Waals surface area contributed by atoms with Gasteiger partial charge in [-0.25, -0.2) is 14.3 Å². The minimum absolute atomic E-state index is 0.0496. The van der Waals surface area contributed by atoms with Gasteiger partial charge in [-0.3, -0.25) is 4.79 Å². The van der Waals surface area contributed by atoms with Crippen molar-refractivity contribution in [1.82, 2.24) is 19.5 Å². The number of nitrogens with two attached hydrogens (primary N) is 1. The maximum atomic E-state index is 12.5. The number of carbonyl (C=O) groups is 2. The van der Waals surface area contributed by atoms with Crippen molar-refractivity contribution >= 4 is 23.5 Å². The van der Waals surface area contributed by atoms with E-state index in [2.05, 4.69) is 10.4 Å². The minimum atomic E-state index is -0.516. The van der Waals surface area contributed by atoms with Crippen LogP contribution in [0.5, 0.6) is 0 Å². The Kier molecular flexibility index (Phi) is 5.73. The molecule has 1 aliphatic heterocycles. The number of nitrogens with zero attached hydrogens (tertiary/aromatic N) is 4. The van der Waals surface area contributed by atoms with E-state index in [0.717, 1.165) is 24.0 Å². The van der Waals surface area contributed by atoms with Crippen molar-refractivity contribution in [2.75, 3.05) is 18.4 Å². The summed E-state index contributed by atoms with van der Waals surface area (Å²) in [5.41, 5.74) is 7.69. The van der Waals surface area contributed by atoms with Gasteiger partial charge in [0.1, 0.15) is 11.4 Å². The van der Waals surface area contributed by atoms with Crippen molar-refractivity contribution in [3.05, 3.63) is 48.3 Å². The summed E-state index contributed by atoms with van der Waals surface area (Å²) in [6.07, 6.45) is 5.17. The molecular weight excluding hydrogens is 408 g/mol. The number of likely N-dealkylation sites (tertiary alicyclic amines) is 1. The third-order valence-electron chi connectivity index (χ3n) is 5.37. The molecule has 32 heavy (non-hydrogen) atoms. The summed E-state index contributed by atoms with van der Waals surface area (Å²) >= 11 is 0. The standard InChI is InChI=1S/C23H28N6O3/c1-23(2,3)32-22(31)28-11-4-5-17(28)13-25-19-10-12-29-21(27-19)18(14-26-29)15-6-8-16(9-7-15)20(24)30/h6-10,12,14,17H,4-5,11,13H2,1-3H3,(H2,24,30)(H,25,27)/t17-/m0/s1. The Labute approximate surface area is 186 Å². The molecule has 9 nitrogen and oxygen atoms in total. The van der Waals surface area contributed by atoms with Crippen LogP contribution < -0.4 is 11.1 Å². The average molecular weight is 437 g/mol. The first-order chi connectivity index (χ1) is 15.2. The molecule has 0 radical (unpaired) electrons. The van der Waals surface area contributed by atoms with Gasteiger partial charge in [0.25, 0.3) is 0 Å². The quantitative estimate of drug-likeness (QED) is 0.634. The Bertz CT molecular complexity index is 1130. The molecule has 1 fully saturated rings. The SMILES string of the molecule is CC(C)(C)OC(=O)N1CCC[C@H]1CNc1ccn2ncc(-c3ccc(C(N)=O)cc3)c2n1. The van der Waals surface area contributed by atoms with E-state index in [1.54, 1.807) is 27.7 Å². The number of ether oxygens (including phenoxy) is 1. The lowest BCUT2D eigenvalue weighted by Gasteiger charge is -2.28. The number of aromatic nitrogens is 3. The molecule has 3 heterocycles. The highest BCUT2D eigenvalue weighted by Crippen LogP contribution is 2.25. The van der Waals surface area contributed by atoms with Crippen LogP contribution in [0.25, 0.3) is 16.8 Å². The van der Waals surface area contributed by atoms with Crippen molar-refractivity contribution < 1.29 is 14.3 Å². The lowest BCUT2D eigenvalue weighted by Crippen LogP contribution is -2.42. The molecule has 4 rings (SSSR count). The van der Waals surface area contributed by atoms with Crippen molar-refractivity contribution in [3.63, 3.8) is 0 Å². The van der Waals surface area contributed by atoms with Crippen molar-refractivity contribution in [3.8, 4) is 11.1 Å². The van der Waals surface area contributed by atoms with E-state index in [-0.39, 0.29) is 12.1 Å². The third kappa shape index (κ3) is 4.66. The second-order valence-corrected chi connectivity index (χ2v) is 8.93. The molecule has 1 aliphatic rings. The largest absolute Gasteiger partial charge is 0.444 e. The van der Waals surface area contributed by atoms with Crippen molar-refractivity contribution in [2.45, 2.75) is 45.3 Å². The average Bonchev–Trinajstić information content (AvgIpc) is 3.38. The van der Waals surface area contributed by atoms with Crippen LogP contribution in [0.1, 0.15) is 44.0 Å². The highest BCUT2D eigenvalue weighted by Gasteiger charge is 2.32. The Balaban J connectivity index is 1.49. The summed E-state index contributed by atoms with van der Waals surface area (Å²) in [7, 11) is 0. The van der Waals surface area contributed by atoms with E-state index >= 15 is 0 Å². The zero-order chi connectivity index (χ0) is 22.9. The first-order valence-electron chi connectivity index (χ1n) is 10.7. The molecule has 2 amide bonds. The molecule has 0 bridgehead atoms. The zero-order valence-corrected chi connectivity index (χ0v) is 18.5. The summed E-state index contributed by atoms with van der Waals surface area (Å²) in [6.45, 7) is 6.90. The van der Waals surface area contributed by atoms with Gasteiger partial charge in [-0.05, 0) is 57.4 Å². The topological polar surface area (TPSA) is 115 Å². The Morgan fingerprint density at radius 3 is 2.66 bits per heavy atom. The van der Waals surface area contributed by atoms with Gasteiger partial charge in [-0.1, -0.05) is 12.1 Å². The second-order valence-electron chi connectivity index (χ2n) is 8.93. The van der Waals surface area contributed by atoms with Crippen LogP contribution in [0.3, 0.4) is 0 Å². The van der Waals surface area contributed by atoms with E-state index in [4.69, 9.17) is 15.5 Å². The Hall–Kier alpha value is -3.62. The van der Waals surface area contributed by atoms with Gasteiger partial charge in [-0.2, -0.15) is 5.10 Å². The molecule has 1 saturated heterocycles. The highest BCUT2D eigenvalue weighted by atomic mass is 16.6. The summed E-state index contributed by atoms with van der Waals surface area (Å²) in [6, 6.07) is 8.94. The number of hydrogen-bond donors (Lipinski definition) is 2. The number of anilines is 1. The predicted octanol–water partition coefficient (Wildman–Crippen LogP) is 3.31. The van der Waals surface area contributed by atoms with Crippen molar-refractivity contribution in [1.29, 1.82) is 0 Å². The molecule has 0 aliphatic carbocycles. The van der Waals surface area contributed by atoms with Gasteiger partial charge < -0.3 is 20.7 Å². The van der Waals surface area contributed by atoms with Crippen molar-refractivity contribution in [2.24, 2.45) is 5.73 Å².